The van der Waals surface area contributed by atoms with Crippen LogP contribution in [0, 0.1) is 11.8 Å². The highest BCUT2D eigenvalue weighted by molar-refractivity contribution is 4.49. The van der Waals surface area contributed by atoms with Crippen molar-refractivity contribution in [1.29, 1.82) is 0 Å². The number of hydrogen-bond acceptors (Lipinski definition) is 0. The Bertz CT molecular complexity index is 61.8. The molecule has 0 spiro atoms. The second-order valence-corrected chi connectivity index (χ2v) is 3.84. The zero-order valence-electron chi connectivity index (χ0n) is 9.07. The molecule has 12 heavy (non-hydrogen) atoms. The maximum atomic E-state index is 11.8. The summed E-state index contributed by atoms with van der Waals surface area (Å²) >= 11 is 0. The molecule has 0 saturated heterocycles. The lowest BCUT2D eigenvalue weighted by Crippen LogP contribution is -2.01. The first-order chi connectivity index (χ1) is 5.29. The van der Waals surface area contributed by atoms with Crippen LogP contribution in [0.3, 0.4) is 0 Å². The summed E-state index contributed by atoms with van der Waals surface area (Å²) in [7, 11) is 0. The van der Waals surface area contributed by atoms with Crippen molar-refractivity contribution in [2.45, 2.75) is 53.9 Å². The second kappa shape index (κ2) is 7.51. The number of halogens is 2. The van der Waals surface area contributed by atoms with Gasteiger partial charge in [0.15, 0.2) is 0 Å². The molecule has 0 fully saturated rings. The monoisotopic (exact) mass is 180 g/mol. The summed E-state index contributed by atoms with van der Waals surface area (Å²) in [5.74, 6) is 0.370. The lowest BCUT2D eigenvalue weighted by Gasteiger charge is -2.01. The van der Waals surface area contributed by atoms with E-state index < -0.39 is 12.3 Å². The van der Waals surface area contributed by atoms with E-state index in [4.69, 9.17) is 0 Å². The Labute approximate surface area is 75.4 Å². The van der Waals surface area contributed by atoms with Crippen LogP contribution in [0.25, 0.3) is 0 Å². The van der Waals surface area contributed by atoms with Crippen molar-refractivity contribution in [3.63, 3.8) is 0 Å². The smallest absolute Gasteiger partial charge is 0.0996 e. The van der Waals surface area contributed by atoms with Crippen LogP contribution in [0.4, 0.5) is 8.78 Å². The van der Waals surface area contributed by atoms with E-state index >= 15 is 0 Å². The third-order valence-electron chi connectivity index (χ3n) is 1.84. The summed E-state index contributed by atoms with van der Waals surface area (Å²) in [5.41, 5.74) is 0. The molecule has 0 rings (SSSR count). The average Bonchev–Trinajstić information content (AvgIpc) is 1.88. The van der Waals surface area contributed by atoms with Crippen molar-refractivity contribution < 1.29 is 8.78 Å². The highest BCUT2D eigenvalue weighted by atomic mass is 19.1. The van der Waals surface area contributed by atoms with Crippen LogP contribution in [-0.2, 0) is 0 Å². The molecule has 0 nitrogen and oxygen atoms in total. The molecule has 0 aliphatic rings. The SMILES string of the molecule is CC(C)[C@@H](C)F.CC(C)[C@H](C)F. The number of rotatable bonds is 2. The predicted molar refractivity (Wildman–Crippen MR) is 50.8 cm³/mol. The van der Waals surface area contributed by atoms with Crippen LogP contribution in [0.15, 0.2) is 0 Å². The Morgan fingerprint density at radius 1 is 0.583 bits per heavy atom. The van der Waals surface area contributed by atoms with E-state index in [1.165, 1.54) is 0 Å². The van der Waals surface area contributed by atoms with Crippen molar-refractivity contribution in [3.05, 3.63) is 0 Å². The van der Waals surface area contributed by atoms with Gasteiger partial charge in [-0.15, -0.1) is 0 Å². The third kappa shape index (κ3) is 12.5. The summed E-state index contributed by atoms with van der Waals surface area (Å²) in [5, 5.41) is 0. The normalized spacial score (nSPS) is 15.5. The highest BCUT2D eigenvalue weighted by Crippen LogP contribution is 2.02. The van der Waals surface area contributed by atoms with Crippen molar-refractivity contribution in [2.24, 2.45) is 11.8 Å². The Morgan fingerprint density at radius 2 is 0.667 bits per heavy atom. The molecule has 2 heteroatoms. The van der Waals surface area contributed by atoms with Crippen molar-refractivity contribution in [3.8, 4) is 0 Å². The quantitative estimate of drug-likeness (QED) is 0.602. The fourth-order valence-electron chi connectivity index (χ4n) is 0. The fourth-order valence-corrected chi connectivity index (χ4v) is 0. The standard InChI is InChI=1S/2C5H11F/c2*1-4(2)5(3)6/h2*4-5H,1-3H3/t2*5-/m10/s1. The molecule has 0 aromatic rings. The van der Waals surface area contributed by atoms with Gasteiger partial charge < -0.3 is 0 Å². The molecule has 0 heterocycles. The number of hydrogen-bond donors (Lipinski definition) is 0. The van der Waals surface area contributed by atoms with Gasteiger partial charge in [-0.05, 0) is 25.7 Å². The largest absolute Gasteiger partial charge is 0.248 e. The first-order valence-electron chi connectivity index (χ1n) is 4.57. The summed E-state index contributed by atoms with van der Waals surface area (Å²) in [4.78, 5) is 0. The van der Waals surface area contributed by atoms with Gasteiger partial charge in [0.2, 0.25) is 0 Å². The molecule has 0 saturated carbocycles. The zero-order valence-corrected chi connectivity index (χ0v) is 9.07. The Kier molecular flexibility index (Phi) is 9.00. The molecular formula is C10H22F2. The molecule has 0 N–H and O–H groups in total. The lowest BCUT2D eigenvalue weighted by atomic mass is 10.1. The van der Waals surface area contributed by atoms with E-state index in [1.54, 1.807) is 13.8 Å². The van der Waals surface area contributed by atoms with Crippen LogP contribution in [-0.4, -0.2) is 12.3 Å². The van der Waals surface area contributed by atoms with Crippen molar-refractivity contribution in [2.75, 3.05) is 0 Å². The lowest BCUT2D eigenvalue weighted by molar-refractivity contribution is 0.279. The average molecular weight is 180 g/mol. The van der Waals surface area contributed by atoms with Gasteiger partial charge in [0, 0.05) is 0 Å². The van der Waals surface area contributed by atoms with Crippen LogP contribution < -0.4 is 0 Å². The van der Waals surface area contributed by atoms with Crippen molar-refractivity contribution in [1.82, 2.24) is 0 Å². The van der Waals surface area contributed by atoms with Gasteiger partial charge >= 0.3 is 0 Å². The maximum absolute atomic E-state index is 11.8. The highest BCUT2D eigenvalue weighted by Gasteiger charge is 2.01. The molecule has 0 bridgehead atoms. The van der Waals surface area contributed by atoms with E-state index in [0.29, 0.717) is 0 Å². The maximum Gasteiger partial charge on any atom is 0.0996 e. The van der Waals surface area contributed by atoms with Gasteiger partial charge in [-0.3, -0.25) is 0 Å². The van der Waals surface area contributed by atoms with Gasteiger partial charge in [0.1, 0.15) is 0 Å². The first kappa shape index (κ1) is 14.4. The minimum absolute atomic E-state index is 0.185. The van der Waals surface area contributed by atoms with Crippen LogP contribution in [0.2, 0.25) is 0 Å². The molecule has 76 valence electrons. The Hall–Kier alpha value is -0.140. The summed E-state index contributed by atoms with van der Waals surface area (Å²) in [6.07, 6.45) is -1.30. The summed E-state index contributed by atoms with van der Waals surface area (Å²) in [6.45, 7) is 10.6. The molecule has 0 aliphatic heterocycles. The molecule has 0 radical (unpaired) electrons. The van der Waals surface area contributed by atoms with E-state index in [1.807, 2.05) is 27.7 Å². The van der Waals surface area contributed by atoms with Gasteiger partial charge in [0.05, 0.1) is 12.3 Å². The summed E-state index contributed by atoms with van der Waals surface area (Å²) < 4.78 is 23.6. The minimum Gasteiger partial charge on any atom is -0.248 e. The first-order valence-corrected chi connectivity index (χ1v) is 4.57. The second-order valence-electron chi connectivity index (χ2n) is 3.84. The Morgan fingerprint density at radius 3 is 0.667 bits per heavy atom. The van der Waals surface area contributed by atoms with Gasteiger partial charge in [0.25, 0.3) is 0 Å². The molecule has 0 aromatic heterocycles. The topological polar surface area (TPSA) is 0 Å². The van der Waals surface area contributed by atoms with Gasteiger partial charge in [-0.2, -0.15) is 0 Å². The van der Waals surface area contributed by atoms with Crippen LogP contribution >= 0.6 is 0 Å². The van der Waals surface area contributed by atoms with Gasteiger partial charge in [-0.25, -0.2) is 8.78 Å². The Balaban J connectivity index is 0. The third-order valence-corrected chi connectivity index (χ3v) is 1.84. The molecule has 0 unspecified atom stereocenters. The molecule has 0 aliphatic carbocycles. The zero-order chi connectivity index (χ0) is 10.3. The fraction of sp³-hybridized carbons (Fsp3) is 1.00. The van der Waals surface area contributed by atoms with E-state index in [-0.39, 0.29) is 11.8 Å². The molecule has 0 aromatic carbocycles. The summed E-state index contributed by atoms with van der Waals surface area (Å²) in [6, 6.07) is 0. The van der Waals surface area contributed by atoms with E-state index in [2.05, 4.69) is 0 Å². The van der Waals surface area contributed by atoms with E-state index in [9.17, 15) is 8.78 Å². The predicted octanol–water partition coefficient (Wildman–Crippen LogP) is 4.00. The minimum atomic E-state index is -0.648. The molecule has 0 amide bonds. The van der Waals surface area contributed by atoms with E-state index in [0.717, 1.165) is 0 Å². The van der Waals surface area contributed by atoms with Crippen molar-refractivity contribution >= 4 is 0 Å². The number of alkyl halides is 2. The molecule has 2 atom stereocenters. The van der Waals surface area contributed by atoms with Gasteiger partial charge in [-0.1, -0.05) is 27.7 Å². The van der Waals surface area contributed by atoms with Crippen LogP contribution in [0.1, 0.15) is 41.5 Å². The van der Waals surface area contributed by atoms with Crippen LogP contribution in [0.5, 0.6) is 0 Å². The molecular weight excluding hydrogens is 158 g/mol.